The molecule has 1 heterocycles. The van der Waals surface area contributed by atoms with Crippen molar-refractivity contribution < 1.29 is 13.3 Å². The van der Waals surface area contributed by atoms with Crippen LogP contribution in [0.5, 0.6) is 11.5 Å². The SMILES string of the molecule is CC(C)(C)[Si](C)(C)Oc1ccc(-c2cc(=O)oc3ccccc23)cc1O[Si](C)(C)C(C)(C)C. The maximum Gasteiger partial charge on any atom is 0.336 e. The number of hydrogen-bond acceptors (Lipinski definition) is 4. The van der Waals surface area contributed by atoms with Crippen LogP contribution in [-0.4, -0.2) is 16.6 Å². The van der Waals surface area contributed by atoms with E-state index < -0.39 is 16.6 Å². The molecule has 3 aromatic rings. The maximum atomic E-state index is 12.3. The van der Waals surface area contributed by atoms with Crippen molar-refractivity contribution in [2.45, 2.75) is 77.8 Å². The lowest BCUT2D eigenvalue weighted by atomic mass is 10.0. The molecule has 0 spiro atoms. The fraction of sp³-hybridized carbons (Fsp3) is 0.444. The Morgan fingerprint density at radius 3 is 1.85 bits per heavy atom. The van der Waals surface area contributed by atoms with E-state index in [-0.39, 0.29) is 15.7 Å². The van der Waals surface area contributed by atoms with E-state index in [4.69, 9.17) is 13.3 Å². The Kier molecular flexibility index (Phi) is 6.50. The van der Waals surface area contributed by atoms with E-state index in [1.165, 1.54) is 0 Å². The second-order valence-electron chi connectivity index (χ2n) is 11.9. The molecule has 1 aromatic heterocycles. The average molecular weight is 483 g/mol. The van der Waals surface area contributed by atoms with Gasteiger partial charge in [0, 0.05) is 11.5 Å². The van der Waals surface area contributed by atoms with Crippen LogP contribution in [0.25, 0.3) is 22.1 Å². The van der Waals surface area contributed by atoms with Crippen LogP contribution in [0, 0.1) is 0 Å². The molecule has 0 N–H and O–H groups in total. The lowest BCUT2D eigenvalue weighted by Gasteiger charge is -2.39. The van der Waals surface area contributed by atoms with Crippen LogP contribution in [0.1, 0.15) is 41.5 Å². The summed E-state index contributed by atoms with van der Waals surface area (Å²) in [5.41, 5.74) is 1.96. The van der Waals surface area contributed by atoms with Crippen LogP contribution >= 0.6 is 0 Å². The van der Waals surface area contributed by atoms with Crippen molar-refractivity contribution in [3.8, 4) is 22.6 Å². The third-order valence-electron chi connectivity index (χ3n) is 7.25. The highest BCUT2D eigenvalue weighted by molar-refractivity contribution is 6.75. The van der Waals surface area contributed by atoms with Gasteiger partial charge in [-0.1, -0.05) is 65.8 Å². The van der Waals surface area contributed by atoms with Gasteiger partial charge in [0.05, 0.1) is 0 Å². The molecule has 33 heavy (non-hydrogen) atoms. The van der Waals surface area contributed by atoms with Crippen molar-refractivity contribution in [1.29, 1.82) is 0 Å². The Morgan fingerprint density at radius 1 is 0.727 bits per heavy atom. The highest BCUT2D eigenvalue weighted by Crippen LogP contribution is 2.45. The average Bonchev–Trinajstić information content (AvgIpc) is 2.66. The van der Waals surface area contributed by atoms with E-state index in [0.717, 1.165) is 28.0 Å². The van der Waals surface area contributed by atoms with E-state index in [9.17, 15) is 4.79 Å². The number of benzene rings is 2. The summed E-state index contributed by atoms with van der Waals surface area (Å²) in [6.45, 7) is 22.4. The summed E-state index contributed by atoms with van der Waals surface area (Å²) in [6.07, 6.45) is 0. The lowest BCUT2D eigenvalue weighted by Crippen LogP contribution is -2.45. The second kappa shape index (κ2) is 8.47. The zero-order valence-electron chi connectivity index (χ0n) is 21.8. The summed E-state index contributed by atoms with van der Waals surface area (Å²) >= 11 is 0. The molecule has 6 heteroatoms. The predicted octanol–water partition coefficient (Wildman–Crippen LogP) is 8.23. The van der Waals surface area contributed by atoms with Crippen LogP contribution in [-0.2, 0) is 0 Å². The number of hydrogen-bond donors (Lipinski definition) is 0. The zero-order chi connectivity index (χ0) is 24.8. The molecule has 0 radical (unpaired) electrons. The lowest BCUT2D eigenvalue weighted by molar-refractivity contribution is 0.441. The van der Waals surface area contributed by atoms with Crippen LogP contribution in [0.15, 0.2) is 57.7 Å². The van der Waals surface area contributed by atoms with Crippen molar-refractivity contribution in [1.82, 2.24) is 0 Å². The molecule has 0 amide bonds. The fourth-order valence-corrected chi connectivity index (χ4v) is 5.09. The summed E-state index contributed by atoms with van der Waals surface area (Å²) < 4.78 is 18.9. The molecule has 4 nitrogen and oxygen atoms in total. The molecule has 2 aromatic carbocycles. The quantitative estimate of drug-likeness (QED) is 0.271. The first-order valence-electron chi connectivity index (χ1n) is 11.6. The van der Waals surface area contributed by atoms with E-state index in [1.54, 1.807) is 6.07 Å². The number of rotatable bonds is 5. The first-order valence-corrected chi connectivity index (χ1v) is 17.4. The van der Waals surface area contributed by atoms with Crippen molar-refractivity contribution in [3.63, 3.8) is 0 Å². The van der Waals surface area contributed by atoms with Crippen molar-refractivity contribution >= 4 is 27.6 Å². The van der Waals surface area contributed by atoms with Crippen LogP contribution < -0.4 is 14.5 Å². The van der Waals surface area contributed by atoms with Crippen molar-refractivity contribution in [2.75, 3.05) is 0 Å². The first kappa shape index (κ1) is 25.3. The van der Waals surface area contributed by atoms with Gasteiger partial charge in [0.2, 0.25) is 0 Å². The van der Waals surface area contributed by atoms with Gasteiger partial charge in [0.15, 0.2) is 0 Å². The normalized spacial score (nSPS) is 13.3. The molecule has 0 saturated heterocycles. The summed E-state index contributed by atoms with van der Waals surface area (Å²) in [7, 11) is -4.21. The third-order valence-corrected chi connectivity index (χ3v) is 15.9. The molecule has 0 saturated carbocycles. The Labute approximate surface area is 200 Å². The van der Waals surface area contributed by atoms with E-state index in [2.05, 4.69) is 67.7 Å². The van der Waals surface area contributed by atoms with Crippen LogP contribution in [0.3, 0.4) is 0 Å². The third kappa shape index (κ3) is 5.27. The number of para-hydroxylation sites is 1. The van der Waals surface area contributed by atoms with E-state index in [1.807, 2.05) is 42.5 Å². The minimum absolute atomic E-state index is 0.0394. The van der Waals surface area contributed by atoms with Crippen LogP contribution in [0.2, 0.25) is 36.3 Å². The van der Waals surface area contributed by atoms with E-state index in [0.29, 0.717) is 5.58 Å². The number of fused-ring (bicyclic) bond motifs is 1. The molecule has 0 aliphatic rings. The molecule has 3 rings (SSSR count). The Balaban J connectivity index is 2.20. The predicted molar refractivity (Wildman–Crippen MR) is 144 cm³/mol. The second-order valence-corrected chi connectivity index (χ2v) is 21.3. The zero-order valence-corrected chi connectivity index (χ0v) is 23.8. The highest BCUT2D eigenvalue weighted by atomic mass is 28.4. The monoisotopic (exact) mass is 482 g/mol. The minimum Gasteiger partial charge on any atom is -0.541 e. The van der Waals surface area contributed by atoms with Crippen molar-refractivity contribution in [2.24, 2.45) is 0 Å². The Hall–Kier alpha value is -2.32. The van der Waals surface area contributed by atoms with Gasteiger partial charge in [-0.2, -0.15) is 0 Å². The van der Waals surface area contributed by atoms with Gasteiger partial charge in [-0.15, -0.1) is 0 Å². The van der Waals surface area contributed by atoms with Gasteiger partial charge in [-0.25, -0.2) is 4.79 Å². The molecule has 178 valence electrons. The molecule has 0 unspecified atom stereocenters. The summed E-state index contributed by atoms with van der Waals surface area (Å²) in [6, 6.07) is 15.2. The standard InChI is InChI=1S/C27H38O4Si2/c1-26(2,3)32(7,8)30-23-16-15-19(17-24(23)31-33(9,10)27(4,5)6)21-18-25(28)29-22-14-12-11-13-20(21)22/h11-18H,1-10H3. The molecule has 0 fully saturated rings. The molecule has 0 aliphatic carbocycles. The van der Waals surface area contributed by atoms with Crippen LogP contribution in [0.4, 0.5) is 0 Å². The van der Waals surface area contributed by atoms with Gasteiger partial charge in [-0.3, -0.25) is 0 Å². The van der Waals surface area contributed by atoms with Gasteiger partial charge in [0.1, 0.15) is 17.1 Å². The molecular weight excluding hydrogens is 444 g/mol. The minimum atomic E-state index is -2.13. The van der Waals surface area contributed by atoms with Gasteiger partial charge < -0.3 is 13.3 Å². The topological polar surface area (TPSA) is 48.7 Å². The van der Waals surface area contributed by atoms with Gasteiger partial charge >= 0.3 is 5.63 Å². The molecule has 0 bridgehead atoms. The smallest absolute Gasteiger partial charge is 0.336 e. The summed E-state index contributed by atoms with van der Waals surface area (Å²) in [5.74, 6) is 1.53. The first-order chi connectivity index (χ1) is 15.0. The van der Waals surface area contributed by atoms with Gasteiger partial charge in [-0.05, 0) is 65.6 Å². The van der Waals surface area contributed by atoms with Crippen molar-refractivity contribution in [3.05, 3.63) is 59.0 Å². The highest BCUT2D eigenvalue weighted by Gasteiger charge is 2.42. The maximum absolute atomic E-state index is 12.3. The van der Waals surface area contributed by atoms with Gasteiger partial charge in [0.25, 0.3) is 16.6 Å². The van der Waals surface area contributed by atoms with E-state index >= 15 is 0 Å². The Morgan fingerprint density at radius 2 is 1.27 bits per heavy atom. The Bertz CT molecular complexity index is 1210. The molecule has 0 aliphatic heterocycles. The molecular formula is C27H38O4Si2. The largest absolute Gasteiger partial charge is 0.541 e. The molecule has 0 atom stereocenters. The fourth-order valence-electron chi connectivity index (χ4n) is 3.05. The summed E-state index contributed by atoms with van der Waals surface area (Å²) in [5, 5.41) is 1.00. The summed E-state index contributed by atoms with van der Waals surface area (Å²) in [4.78, 5) is 12.3.